The van der Waals surface area contributed by atoms with Crippen molar-refractivity contribution in [2.75, 3.05) is 0 Å². The lowest BCUT2D eigenvalue weighted by molar-refractivity contribution is 0.0696. The maximum Gasteiger partial charge on any atom is 0.337 e. The molecule has 1 aromatic heterocycles. The van der Waals surface area contributed by atoms with Gasteiger partial charge in [0.1, 0.15) is 0 Å². The summed E-state index contributed by atoms with van der Waals surface area (Å²) < 4.78 is 0.987. The van der Waals surface area contributed by atoms with Gasteiger partial charge in [-0.15, -0.1) is 0 Å². The molecule has 2 rings (SSSR count). The Balaban J connectivity index is 2.32. The summed E-state index contributed by atoms with van der Waals surface area (Å²) in [5.74, 6) is -1.05. The Morgan fingerprint density at radius 3 is 2.58 bits per heavy atom. The number of pyridine rings is 1. The van der Waals surface area contributed by atoms with Crippen molar-refractivity contribution >= 4 is 45.7 Å². The second-order valence-electron chi connectivity index (χ2n) is 3.78. The molecular weight excluding hydrogens is 330 g/mol. The van der Waals surface area contributed by atoms with Crippen molar-refractivity contribution in [1.82, 2.24) is 4.98 Å². The molecule has 0 saturated carbocycles. The predicted molar refractivity (Wildman–Crippen MR) is 79.3 cm³/mol. The van der Waals surface area contributed by atoms with E-state index in [2.05, 4.69) is 20.9 Å². The zero-order valence-corrected chi connectivity index (χ0v) is 12.0. The first kappa shape index (κ1) is 13.8. The van der Waals surface area contributed by atoms with Gasteiger partial charge in [0.25, 0.3) is 0 Å². The third kappa shape index (κ3) is 3.66. The average Bonchev–Trinajstić information content (AvgIpc) is 2.39. The van der Waals surface area contributed by atoms with Crippen LogP contribution < -0.4 is 0 Å². The molecule has 1 aromatic carbocycles. The summed E-state index contributed by atoms with van der Waals surface area (Å²) in [5.41, 5.74) is 1.41. The largest absolute Gasteiger partial charge is 0.478 e. The highest BCUT2D eigenvalue weighted by Crippen LogP contribution is 2.17. The lowest BCUT2D eigenvalue weighted by atomic mass is 10.1. The van der Waals surface area contributed by atoms with Crippen LogP contribution in [0.15, 0.2) is 41.0 Å². The molecule has 2 aromatic rings. The molecule has 0 unspecified atom stereocenters. The third-order valence-corrected chi connectivity index (χ3v) is 3.15. The minimum Gasteiger partial charge on any atom is -0.478 e. The number of hydrogen-bond acceptors (Lipinski definition) is 2. The minimum atomic E-state index is -1.05. The van der Waals surface area contributed by atoms with Crippen LogP contribution in [0.2, 0.25) is 5.02 Å². The van der Waals surface area contributed by atoms with Gasteiger partial charge in [0.2, 0.25) is 0 Å². The number of carboxylic acids is 1. The summed E-state index contributed by atoms with van der Waals surface area (Å²) in [7, 11) is 0. The van der Waals surface area contributed by atoms with Crippen LogP contribution in [0.1, 0.15) is 21.6 Å². The van der Waals surface area contributed by atoms with E-state index < -0.39 is 5.97 Å². The highest BCUT2D eigenvalue weighted by Gasteiger charge is 2.09. The summed E-state index contributed by atoms with van der Waals surface area (Å²) in [6.45, 7) is 0. The summed E-state index contributed by atoms with van der Waals surface area (Å²) in [6.07, 6.45) is 4.88. The molecule has 1 N–H and O–H groups in total. The number of aromatic nitrogens is 1. The molecule has 0 radical (unpaired) electrons. The molecule has 0 amide bonds. The standard InChI is InChI=1S/C14H9BrClNO2/c15-10-4-1-9(2-5-10)3-6-13-12(14(18)19)7-11(16)8-17-13/h1-8H,(H,18,19)/b6-3+. The fourth-order valence-corrected chi connectivity index (χ4v) is 1.93. The monoisotopic (exact) mass is 337 g/mol. The molecule has 96 valence electrons. The first-order chi connectivity index (χ1) is 9.06. The second kappa shape index (κ2) is 5.99. The Morgan fingerprint density at radius 2 is 1.95 bits per heavy atom. The number of nitrogens with zero attached hydrogens (tertiary/aromatic N) is 1. The number of benzene rings is 1. The highest BCUT2D eigenvalue weighted by atomic mass is 79.9. The van der Waals surface area contributed by atoms with Gasteiger partial charge >= 0.3 is 5.97 Å². The van der Waals surface area contributed by atoms with E-state index in [-0.39, 0.29) is 5.56 Å². The molecule has 1 heterocycles. The van der Waals surface area contributed by atoms with Crippen molar-refractivity contribution in [3.63, 3.8) is 0 Å². The SMILES string of the molecule is O=C(O)c1cc(Cl)cnc1/C=C/c1ccc(Br)cc1. The van der Waals surface area contributed by atoms with Gasteiger partial charge in [0.15, 0.2) is 0 Å². The maximum atomic E-state index is 11.1. The zero-order valence-electron chi connectivity index (χ0n) is 9.68. The van der Waals surface area contributed by atoms with Crippen molar-refractivity contribution in [3.8, 4) is 0 Å². The van der Waals surface area contributed by atoms with Crippen LogP contribution in [-0.2, 0) is 0 Å². The van der Waals surface area contributed by atoms with Gasteiger partial charge in [0, 0.05) is 10.7 Å². The van der Waals surface area contributed by atoms with E-state index in [1.807, 2.05) is 24.3 Å². The number of hydrogen-bond donors (Lipinski definition) is 1. The predicted octanol–water partition coefficient (Wildman–Crippen LogP) is 4.37. The fraction of sp³-hybridized carbons (Fsp3) is 0. The van der Waals surface area contributed by atoms with E-state index in [9.17, 15) is 4.79 Å². The lowest BCUT2D eigenvalue weighted by Crippen LogP contribution is -2.01. The van der Waals surface area contributed by atoms with Crippen LogP contribution in [0, 0.1) is 0 Å². The fourth-order valence-electron chi connectivity index (χ4n) is 1.50. The highest BCUT2D eigenvalue weighted by molar-refractivity contribution is 9.10. The normalized spacial score (nSPS) is 10.8. The zero-order chi connectivity index (χ0) is 13.8. The molecule has 0 atom stereocenters. The topological polar surface area (TPSA) is 50.2 Å². The van der Waals surface area contributed by atoms with Crippen LogP contribution in [0.3, 0.4) is 0 Å². The lowest BCUT2D eigenvalue weighted by Gasteiger charge is -2.01. The Morgan fingerprint density at radius 1 is 1.26 bits per heavy atom. The first-order valence-electron chi connectivity index (χ1n) is 5.39. The molecule has 0 bridgehead atoms. The molecule has 0 spiro atoms. The Bertz CT molecular complexity index is 638. The number of carbonyl (C=O) groups is 1. The number of aromatic carboxylic acids is 1. The minimum absolute atomic E-state index is 0.0841. The van der Waals surface area contributed by atoms with Crippen molar-refractivity contribution in [3.05, 3.63) is 62.8 Å². The van der Waals surface area contributed by atoms with Crippen LogP contribution >= 0.6 is 27.5 Å². The second-order valence-corrected chi connectivity index (χ2v) is 5.13. The van der Waals surface area contributed by atoms with E-state index >= 15 is 0 Å². The molecule has 19 heavy (non-hydrogen) atoms. The van der Waals surface area contributed by atoms with E-state index in [0.29, 0.717) is 10.7 Å². The maximum absolute atomic E-state index is 11.1. The molecule has 5 heteroatoms. The van der Waals surface area contributed by atoms with E-state index in [1.165, 1.54) is 12.3 Å². The van der Waals surface area contributed by atoms with E-state index in [4.69, 9.17) is 16.7 Å². The summed E-state index contributed by atoms with van der Waals surface area (Å²) in [5, 5.41) is 9.39. The molecular formula is C14H9BrClNO2. The van der Waals surface area contributed by atoms with Crippen LogP contribution in [0.25, 0.3) is 12.2 Å². The average molecular weight is 339 g/mol. The molecule has 0 aliphatic heterocycles. The van der Waals surface area contributed by atoms with Crippen molar-refractivity contribution in [2.45, 2.75) is 0 Å². The molecule has 0 saturated heterocycles. The molecule has 0 fully saturated rings. The Hall–Kier alpha value is -1.65. The first-order valence-corrected chi connectivity index (χ1v) is 6.56. The van der Waals surface area contributed by atoms with Crippen molar-refractivity contribution < 1.29 is 9.90 Å². The van der Waals surface area contributed by atoms with Gasteiger partial charge < -0.3 is 5.11 Å². The van der Waals surface area contributed by atoms with Crippen molar-refractivity contribution in [1.29, 1.82) is 0 Å². The molecule has 3 nitrogen and oxygen atoms in total. The quantitative estimate of drug-likeness (QED) is 0.904. The molecule has 0 aliphatic rings. The van der Waals surface area contributed by atoms with Gasteiger partial charge in [0.05, 0.1) is 16.3 Å². The summed E-state index contributed by atoms with van der Waals surface area (Å²) in [4.78, 5) is 15.1. The van der Waals surface area contributed by atoms with Gasteiger partial charge in [-0.3, -0.25) is 4.98 Å². The van der Waals surface area contributed by atoms with Gasteiger partial charge in [-0.05, 0) is 29.8 Å². The summed E-state index contributed by atoms with van der Waals surface area (Å²) >= 11 is 9.09. The Kier molecular flexibility index (Phi) is 4.35. The van der Waals surface area contributed by atoms with Crippen LogP contribution in [0.5, 0.6) is 0 Å². The van der Waals surface area contributed by atoms with E-state index in [1.54, 1.807) is 12.2 Å². The Labute approximate surface area is 123 Å². The molecule has 0 aliphatic carbocycles. The van der Waals surface area contributed by atoms with Gasteiger partial charge in [-0.25, -0.2) is 4.79 Å². The van der Waals surface area contributed by atoms with Gasteiger partial charge in [-0.2, -0.15) is 0 Å². The number of halogens is 2. The summed E-state index contributed by atoms with van der Waals surface area (Å²) in [6, 6.07) is 9.03. The third-order valence-electron chi connectivity index (χ3n) is 2.42. The number of carboxylic acid groups (broad SMARTS) is 1. The smallest absolute Gasteiger partial charge is 0.337 e. The van der Waals surface area contributed by atoms with E-state index in [0.717, 1.165) is 10.0 Å². The van der Waals surface area contributed by atoms with Crippen molar-refractivity contribution in [2.24, 2.45) is 0 Å². The van der Waals surface area contributed by atoms with Gasteiger partial charge in [-0.1, -0.05) is 45.7 Å². The van der Waals surface area contributed by atoms with Crippen LogP contribution in [0.4, 0.5) is 0 Å². The van der Waals surface area contributed by atoms with Crippen LogP contribution in [-0.4, -0.2) is 16.1 Å². The number of rotatable bonds is 3.